The SMILES string of the molecule is C=C(C)C(=O)OC(C)(C)CCOC(C)(C)C.CC(C=O)CSCCc1ccc(N)cc1. The molecular formula is C25H41NO4S. The van der Waals surface area contributed by atoms with Crippen LogP contribution in [0.3, 0.4) is 0 Å². The van der Waals surface area contributed by atoms with Crippen LogP contribution >= 0.6 is 11.8 Å². The fourth-order valence-corrected chi connectivity index (χ4v) is 3.17. The van der Waals surface area contributed by atoms with Crippen LogP contribution in [0.25, 0.3) is 0 Å². The number of anilines is 1. The molecule has 0 fully saturated rings. The van der Waals surface area contributed by atoms with E-state index in [1.807, 2.05) is 65.4 Å². The van der Waals surface area contributed by atoms with Gasteiger partial charge in [0, 0.05) is 29.4 Å². The predicted octanol–water partition coefficient (Wildman–Crippen LogP) is 5.47. The summed E-state index contributed by atoms with van der Waals surface area (Å²) in [7, 11) is 0. The van der Waals surface area contributed by atoms with Gasteiger partial charge >= 0.3 is 5.97 Å². The number of carbonyl (C=O) groups excluding carboxylic acids is 2. The van der Waals surface area contributed by atoms with Crippen LogP contribution in [0, 0.1) is 5.92 Å². The van der Waals surface area contributed by atoms with Crippen LogP contribution < -0.4 is 5.73 Å². The number of aldehydes is 1. The van der Waals surface area contributed by atoms with Crippen LogP contribution in [0.2, 0.25) is 0 Å². The Bertz CT molecular complexity index is 678. The number of nitrogen functional groups attached to an aromatic ring is 1. The molecule has 1 atom stereocenters. The molecule has 0 saturated heterocycles. The van der Waals surface area contributed by atoms with Gasteiger partial charge < -0.3 is 20.0 Å². The van der Waals surface area contributed by atoms with Crippen molar-refractivity contribution in [2.24, 2.45) is 5.92 Å². The predicted molar refractivity (Wildman–Crippen MR) is 132 cm³/mol. The number of ether oxygens (including phenoxy) is 2. The van der Waals surface area contributed by atoms with Gasteiger partial charge in [-0.15, -0.1) is 0 Å². The highest BCUT2D eigenvalue weighted by atomic mass is 32.2. The molecule has 0 amide bonds. The van der Waals surface area contributed by atoms with E-state index in [-0.39, 0.29) is 17.5 Å². The number of thioether (sulfide) groups is 1. The van der Waals surface area contributed by atoms with E-state index in [1.54, 1.807) is 6.92 Å². The number of hydrogen-bond acceptors (Lipinski definition) is 6. The average molecular weight is 452 g/mol. The first kappa shape index (κ1) is 29.2. The molecule has 1 aromatic rings. The molecule has 6 heteroatoms. The minimum Gasteiger partial charge on any atom is -0.456 e. The molecule has 2 N–H and O–H groups in total. The number of aryl methyl sites for hydroxylation is 1. The smallest absolute Gasteiger partial charge is 0.333 e. The monoisotopic (exact) mass is 451 g/mol. The van der Waals surface area contributed by atoms with Gasteiger partial charge in [0.15, 0.2) is 0 Å². The van der Waals surface area contributed by atoms with Gasteiger partial charge in [-0.2, -0.15) is 11.8 Å². The molecule has 0 aliphatic rings. The third-order valence-electron chi connectivity index (χ3n) is 4.08. The van der Waals surface area contributed by atoms with Crippen molar-refractivity contribution in [1.29, 1.82) is 0 Å². The van der Waals surface area contributed by atoms with Crippen LogP contribution in [-0.4, -0.2) is 41.6 Å². The summed E-state index contributed by atoms with van der Waals surface area (Å²) in [5.41, 5.74) is 7.45. The minimum atomic E-state index is -0.513. The maximum atomic E-state index is 11.4. The van der Waals surface area contributed by atoms with E-state index in [2.05, 4.69) is 18.7 Å². The zero-order valence-electron chi connectivity index (χ0n) is 20.3. The molecule has 0 saturated carbocycles. The second kappa shape index (κ2) is 14.3. The summed E-state index contributed by atoms with van der Waals surface area (Å²) in [5.74, 6) is 1.79. The maximum Gasteiger partial charge on any atom is 0.333 e. The second-order valence-corrected chi connectivity index (χ2v) is 10.5. The topological polar surface area (TPSA) is 78.6 Å². The third kappa shape index (κ3) is 16.6. The number of esters is 1. The van der Waals surface area contributed by atoms with E-state index in [0.29, 0.717) is 18.6 Å². The van der Waals surface area contributed by atoms with E-state index >= 15 is 0 Å². The van der Waals surface area contributed by atoms with Crippen molar-refractivity contribution in [3.05, 3.63) is 42.0 Å². The third-order valence-corrected chi connectivity index (χ3v) is 5.34. The molecule has 0 heterocycles. The molecule has 1 unspecified atom stereocenters. The van der Waals surface area contributed by atoms with Gasteiger partial charge in [-0.3, -0.25) is 0 Å². The molecule has 0 aromatic heterocycles. The molecule has 0 aliphatic heterocycles. The summed E-state index contributed by atoms with van der Waals surface area (Å²) in [6, 6.07) is 7.96. The van der Waals surface area contributed by atoms with Crippen molar-refractivity contribution in [3.8, 4) is 0 Å². The van der Waals surface area contributed by atoms with Gasteiger partial charge in [-0.05, 0) is 71.4 Å². The van der Waals surface area contributed by atoms with Crippen molar-refractivity contribution < 1.29 is 19.1 Å². The van der Waals surface area contributed by atoms with E-state index in [9.17, 15) is 9.59 Å². The van der Waals surface area contributed by atoms with E-state index in [0.717, 1.165) is 29.9 Å². The first-order valence-corrected chi connectivity index (χ1v) is 11.8. The first-order valence-electron chi connectivity index (χ1n) is 10.7. The van der Waals surface area contributed by atoms with Crippen molar-refractivity contribution in [1.82, 2.24) is 0 Å². The largest absolute Gasteiger partial charge is 0.456 e. The standard InChI is InChI=1S/C13H24O3.C12H17NOS/c1-10(2)11(14)16-13(6,7)8-9-15-12(3,4)5;1-10(8-14)9-15-7-6-11-2-4-12(13)5-3-11/h1,8-9H2,2-7H3;2-5,8,10H,6-7,9,13H2,1H3. The zero-order valence-corrected chi connectivity index (χ0v) is 21.1. The summed E-state index contributed by atoms with van der Waals surface area (Å²) in [6.07, 6.45) is 2.72. The highest BCUT2D eigenvalue weighted by Gasteiger charge is 2.24. The number of carbonyl (C=O) groups is 2. The van der Waals surface area contributed by atoms with Gasteiger partial charge in [0.2, 0.25) is 0 Å². The Morgan fingerprint density at radius 3 is 2.26 bits per heavy atom. The fourth-order valence-electron chi connectivity index (χ4n) is 2.17. The molecule has 1 aromatic carbocycles. The lowest BCUT2D eigenvalue weighted by Crippen LogP contribution is -2.31. The lowest BCUT2D eigenvalue weighted by Gasteiger charge is -2.27. The first-order chi connectivity index (χ1) is 14.3. The van der Waals surface area contributed by atoms with Gasteiger partial charge in [-0.25, -0.2) is 4.79 Å². The summed E-state index contributed by atoms with van der Waals surface area (Å²) >= 11 is 1.82. The van der Waals surface area contributed by atoms with Crippen LogP contribution in [0.5, 0.6) is 0 Å². The van der Waals surface area contributed by atoms with E-state index in [1.165, 1.54) is 5.56 Å². The van der Waals surface area contributed by atoms with Gasteiger partial charge in [0.05, 0.1) is 12.2 Å². The zero-order chi connectivity index (χ0) is 24.1. The van der Waals surface area contributed by atoms with E-state index < -0.39 is 5.60 Å². The number of rotatable bonds is 11. The average Bonchev–Trinajstić information content (AvgIpc) is 2.65. The Kier molecular flexibility index (Phi) is 13.5. The molecule has 176 valence electrons. The Morgan fingerprint density at radius 2 is 1.77 bits per heavy atom. The molecule has 31 heavy (non-hydrogen) atoms. The lowest BCUT2D eigenvalue weighted by molar-refractivity contribution is -0.153. The van der Waals surface area contributed by atoms with Crippen LogP contribution in [0.15, 0.2) is 36.4 Å². The Hall–Kier alpha value is -1.79. The molecule has 0 aliphatic carbocycles. The molecule has 0 spiro atoms. The minimum absolute atomic E-state index is 0.158. The second-order valence-electron chi connectivity index (χ2n) is 9.32. The van der Waals surface area contributed by atoms with Crippen molar-refractivity contribution in [2.75, 3.05) is 23.8 Å². The molecule has 0 bridgehead atoms. The molecular weight excluding hydrogens is 410 g/mol. The van der Waals surface area contributed by atoms with Crippen molar-refractivity contribution in [2.45, 2.75) is 72.5 Å². The van der Waals surface area contributed by atoms with Crippen molar-refractivity contribution >= 4 is 29.7 Å². The summed E-state index contributed by atoms with van der Waals surface area (Å²) < 4.78 is 10.9. The maximum absolute atomic E-state index is 11.4. The van der Waals surface area contributed by atoms with Gasteiger partial charge in [0.1, 0.15) is 11.9 Å². The summed E-state index contributed by atoms with van der Waals surface area (Å²) in [4.78, 5) is 21.7. The molecule has 1 rings (SSSR count). The fraction of sp³-hybridized carbons (Fsp3) is 0.600. The van der Waals surface area contributed by atoms with E-state index in [4.69, 9.17) is 15.2 Å². The number of nitrogens with two attached hydrogens (primary N) is 1. The normalized spacial score (nSPS) is 12.4. The van der Waals surface area contributed by atoms with Gasteiger partial charge in [-0.1, -0.05) is 25.6 Å². The Morgan fingerprint density at radius 1 is 1.19 bits per heavy atom. The number of benzene rings is 1. The van der Waals surface area contributed by atoms with Crippen molar-refractivity contribution in [3.63, 3.8) is 0 Å². The van der Waals surface area contributed by atoms with Crippen LogP contribution in [0.4, 0.5) is 5.69 Å². The molecule has 0 radical (unpaired) electrons. The van der Waals surface area contributed by atoms with Crippen LogP contribution in [0.1, 0.15) is 60.5 Å². The Balaban J connectivity index is 0.000000581. The summed E-state index contributed by atoms with van der Waals surface area (Å²) in [6.45, 7) is 17.5. The Labute approximate surface area is 193 Å². The highest BCUT2D eigenvalue weighted by Crippen LogP contribution is 2.18. The molecule has 5 nitrogen and oxygen atoms in total. The number of hydrogen-bond donors (Lipinski definition) is 1. The van der Waals surface area contributed by atoms with Gasteiger partial charge in [0.25, 0.3) is 0 Å². The quantitative estimate of drug-likeness (QED) is 0.158. The lowest BCUT2D eigenvalue weighted by atomic mass is 10.1. The highest BCUT2D eigenvalue weighted by molar-refractivity contribution is 7.99. The van der Waals surface area contributed by atoms with Crippen LogP contribution in [-0.2, 0) is 25.5 Å². The summed E-state index contributed by atoms with van der Waals surface area (Å²) in [5, 5.41) is 0.